The van der Waals surface area contributed by atoms with E-state index in [0.29, 0.717) is 0 Å². The number of hydrogen-bond acceptors (Lipinski definition) is 5. The summed E-state index contributed by atoms with van der Waals surface area (Å²) in [5.41, 5.74) is 2.12. The Kier molecular flexibility index (Phi) is 5.08. The predicted molar refractivity (Wildman–Crippen MR) is 75.3 cm³/mol. The number of hydrogen-bond donors (Lipinski definition) is 3. The number of nitrogens with two attached hydrogens (primary N) is 1. The number of pyridine rings is 1. The molecule has 0 bridgehead atoms. The van der Waals surface area contributed by atoms with Crippen LogP contribution in [0.2, 0.25) is 0 Å². The standard InChI is InChI=1S/C13H21F2N5/c1-2-5-20-6-3-9(4-7-20)17-12-10(14)8-11(15)13(18-12)19-16/h8-9H,2-7,16H2,1H3,(H2,17,18,19). The molecule has 0 unspecified atom stereocenters. The highest BCUT2D eigenvalue weighted by molar-refractivity contribution is 5.47. The number of piperidine rings is 1. The summed E-state index contributed by atoms with van der Waals surface area (Å²) in [6.45, 7) is 5.22. The minimum Gasteiger partial charge on any atom is -0.365 e. The first-order valence-corrected chi connectivity index (χ1v) is 6.95. The van der Waals surface area contributed by atoms with Gasteiger partial charge in [0.1, 0.15) is 0 Å². The van der Waals surface area contributed by atoms with E-state index in [2.05, 4.69) is 27.6 Å². The highest BCUT2D eigenvalue weighted by atomic mass is 19.1. The van der Waals surface area contributed by atoms with Crippen molar-refractivity contribution in [3.05, 3.63) is 17.7 Å². The molecule has 1 aliphatic rings. The van der Waals surface area contributed by atoms with Crippen LogP contribution in [0.15, 0.2) is 6.07 Å². The lowest BCUT2D eigenvalue weighted by Gasteiger charge is -2.32. The summed E-state index contributed by atoms with van der Waals surface area (Å²) in [5.74, 6) is 3.54. The van der Waals surface area contributed by atoms with Gasteiger partial charge in [-0.1, -0.05) is 6.92 Å². The van der Waals surface area contributed by atoms with Crippen LogP contribution in [0.4, 0.5) is 20.4 Å². The monoisotopic (exact) mass is 285 g/mol. The van der Waals surface area contributed by atoms with Gasteiger partial charge in [-0.25, -0.2) is 19.6 Å². The Labute approximate surface area is 117 Å². The van der Waals surface area contributed by atoms with Crippen LogP contribution < -0.4 is 16.6 Å². The summed E-state index contributed by atoms with van der Waals surface area (Å²) >= 11 is 0. The fourth-order valence-electron chi connectivity index (χ4n) is 2.48. The summed E-state index contributed by atoms with van der Waals surface area (Å²) in [4.78, 5) is 6.22. The fraction of sp³-hybridized carbons (Fsp3) is 0.615. The molecule has 1 aromatic heterocycles. The first-order valence-electron chi connectivity index (χ1n) is 6.95. The Morgan fingerprint density at radius 2 is 1.95 bits per heavy atom. The van der Waals surface area contributed by atoms with Gasteiger partial charge in [-0.15, -0.1) is 0 Å². The van der Waals surface area contributed by atoms with Gasteiger partial charge in [-0.2, -0.15) is 0 Å². The van der Waals surface area contributed by atoms with Crippen LogP contribution in [-0.4, -0.2) is 35.6 Å². The number of nitrogen functional groups attached to an aromatic ring is 1. The number of likely N-dealkylation sites (tertiary alicyclic amines) is 1. The van der Waals surface area contributed by atoms with Crippen molar-refractivity contribution in [3.63, 3.8) is 0 Å². The summed E-state index contributed by atoms with van der Waals surface area (Å²) in [6, 6.07) is 0.942. The van der Waals surface area contributed by atoms with Gasteiger partial charge in [0, 0.05) is 25.2 Å². The smallest absolute Gasteiger partial charge is 0.178 e. The Morgan fingerprint density at radius 3 is 2.55 bits per heavy atom. The average Bonchev–Trinajstić information content (AvgIpc) is 2.44. The largest absolute Gasteiger partial charge is 0.365 e. The number of nitrogens with one attached hydrogen (secondary N) is 2. The second-order valence-corrected chi connectivity index (χ2v) is 5.05. The van der Waals surface area contributed by atoms with Crippen LogP contribution in [0.25, 0.3) is 0 Å². The van der Waals surface area contributed by atoms with Gasteiger partial charge in [-0.3, -0.25) is 0 Å². The number of anilines is 2. The third-order valence-electron chi connectivity index (χ3n) is 3.53. The molecule has 1 fully saturated rings. The van der Waals surface area contributed by atoms with Crippen molar-refractivity contribution >= 4 is 11.6 Å². The van der Waals surface area contributed by atoms with Gasteiger partial charge < -0.3 is 15.6 Å². The van der Waals surface area contributed by atoms with Crippen LogP contribution in [0.5, 0.6) is 0 Å². The van der Waals surface area contributed by atoms with Gasteiger partial charge in [0.05, 0.1) is 0 Å². The number of aromatic nitrogens is 1. The van der Waals surface area contributed by atoms with E-state index in [9.17, 15) is 8.78 Å². The lowest BCUT2D eigenvalue weighted by Crippen LogP contribution is -2.39. The molecule has 2 rings (SSSR count). The average molecular weight is 285 g/mol. The Bertz CT molecular complexity index is 447. The van der Waals surface area contributed by atoms with Gasteiger partial charge >= 0.3 is 0 Å². The molecule has 2 heterocycles. The van der Waals surface area contributed by atoms with E-state index in [-0.39, 0.29) is 17.7 Å². The molecule has 112 valence electrons. The minimum atomic E-state index is -0.798. The van der Waals surface area contributed by atoms with Crippen LogP contribution in [0.1, 0.15) is 26.2 Å². The number of hydrazine groups is 1. The Balaban J connectivity index is 1.97. The van der Waals surface area contributed by atoms with Gasteiger partial charge in [-0.05, 0) is 25.8 Å². The van der Waals surface area contributed by atoms with Crippen molar-refractivity contribution in [2.75, 3.05) is 30.4 Å². The molecule has 5 nitrogen and oxygen atoms in total. The second kappa shape index (κ2) is 6.81. The quantitative estimate of drug-likeness (QED) is 0.570. The maximum atomic E-state index is 13.7. The lowest BCUT2D eigenvalue weighted by atomic mass is 10.0. The van der Waals surface area contributed by atoms with Crippen molar-refractivity contribution in [3.8, 4) is 0 Å². The highest BCUT2D eigenvalue weighted by Crippen LogP contribution is 2.21. The molecule has 1 aliphatic heterocycles. The molecular formula is C13H21F2N5. The van der Waals surface area contributed by atoms with Gasteiger partial charge in [0.2, 0.25) is 0 Å². The van der Waals surface area contributed by atoms with E-state index >= 15 is 0 Å². The summed E-state index contributed by atoms with van der Waals surface area (Å²) in [6.07, 6.45) is 2.98. The fourth-order valence-corrected chi connectivity index (χ4v) is 2.48. The zero-order chi connectivity index (χ0) is 14.5. The molecule has 0 radical (unpaired) electrons. The molecule has 0 saturated carbocycles. The van der Waals surface area contributed by atoms with Gasteiger partial charge in [0.15, 0.2) is 23.3 Å². The van der Waals surface area contributed by atoms with Crippen LogP contribution in [0.3, 0.4) is 0 Å². The molecule has 0 spiro atoms. The SMILES string of the molecule is CCCN1CCC(Nc2nc(NN)c(F)cc2F)CC1. The third kappa shape index (κ3) is 3.55. The normalized spacial score (nSPS) is 17.2. The number of nitrogens with zero attached hydrogens (tertiary/aromatic N) is 2. The molecule has 1 saturated heterocycles. The van der Waals surface area contributed by atoms with E-state index in [0.717, 1.165) is 45.0 Å². The zero-order valence-electron chi connectivity index (χ0n) is 11.6. The second-order valence-electron chi connectivity index (χ2n) is 5.05. The van der Waals surface area contributed by atoms with Crippen LogP contribution in [-0.2, 0) is 0 Å². The van der Waals surface area contributed by atoms with E-state index in [1.165, 1.54) is 0 Å². The molecule has 0 amide bonds. The van der Waals surface area contributed by atoms with Crippen molar-refractivity contribution in [2.45, 2.75) is 32.2 Å². The van der Waals surface area contributed by atoms with E-state index in [4.69, 9.17) is 5.84 Å². The van der Waals surface area contributed by atoms with E-state index in [1.54, 1.807) is 0 Å². The molecule has 7 heteroatoms. The maximum Gasteiger partial charge on any atom is 0.178 e. The summed E-state index contributed by atoms with van der Waals surface area (Å²) in [5, 5.41) is 3.04. The molecule has 0 atom stereocenters. The summed E-state index contributed by atoms with van der Waals surface area (Å²) in [7, 11) is 0. The molecule has 20 heavy (non-hydrogen) atoms. The molecule has 0 aromatic carbocycles. The predicted octanol–water partition coefficient (Wildman–Crippen LogP) is 1.93. The van der Waals surface area contributed by atoms with Crippen LogP contribution in [0, 0.1) is 11.6 Å². The summed E-state index contributed by atoms with van der Waals surface area (Å²) < 4.78 is 26.9. The maximum absolute atomic E-state index is 13.7. The van der Waals surface area contributed by atoms with E-state index in [1.807, 2.05) is 0 Å². The Hall–Kier alpha value is -1.47. The highest BCUT2D eigenvalue weighted by Gasteiger charge is 2.20. The lowest BCUT2D eigenvalue weighted by molar-refractivity contribution is 0.219. The minimum absolute atomic E-state index is 0.0493. The molecule has 4 N–H and O–H groups in total. The Morgan fingerprint density at radius 1 is 1.30 bits per heavy atom. The van der Waals surface area contributed by atoms with E-state index < -0.39 is 11.6 Å². The van der Waals surface area contributed by atoms with Crippen molar-refractivity contribution in [1.29, 1.82) is 0 Å². The number of halogens is 2. The molecule has 1 aromatic rings. The molecular weight excluding hydrogens is 264 g/mol. The van der Waals surface area contributed by atoms with Crippen molar-refractivity contribution < 1.29 is 8.78 Å². The van der Waals surface area contributed by atoms with Crippen molar-refractivity contribution in [1.82, 2.24) is 9.88 Å². The number of rotatable bonds is 5. The topological polar surface area (TPSA) is 66.2 Å². The van der Waals surface area contributed by atoms with Crippen molar-refractivity contribution in [2.24, 2.45) is 5.84 Å². The van der Waals surface area contributed by atoms with Crippen LogP contribution >= 0.6 is 0 Å². The first kappa shape index (κ1) is 14.9. The third-order valence-corrected chi connectivity index (χ3v) is 3.53. The van der Waals surface area contributed by atoms with Gasteiger partial charge in [0.25, 0.3) is 0 Å². The molecule has 0 aliphatic carbocycles. The zero-order valence-corrected chi connectivity index (χ0v) is 11.6. The first-order chi connectivity index (χ1) is 9.63.